The summed E-state index contributed by atoms with van der Waals surface area (Å²) < 4.78 is 37.1. The predicted molar refractivity (Wildman–Crippen MR) is 62.5 cm³/mol. The Morgan fingerprint density at radius 2 is 1.39 bits per heavy atom. The molecule has 2 nitrogen and oxygen atoms in total. The summed E-state index contributed by atoms with van der Waals surface area (Å²) in [5, 5.41) is 0.259. The Morgan fingerprint density at radius 1 is 0.889 bits per heavy atom. The molecule has 0 saturated heterocycles. The van der Waals surface area contributed by atoms with Crippen LogP contribution in [0.5, 0.6) is 0 Å². The number of alkyl halides is 3. The van der Waals surface area contributed by atoms with Crippen molar-refractivity contribution in [2.24, 2.45) is 0 Å². The minimum absolute atomic E-state index is 0.130. The third kappa shape index (κ3) is 2.91. The summed E-state index contributed by atoms with van der Waals surface area (Å²) >= 11 is 11.4. The highest BCUT2D eigenvalue weighted by Gasteiger charge is 2.30. The molecule has 1 aromatic carbocycles. The molecule has 0 radical (unpaired) electrons. The van der Waals surface area contributed by atoms with E-state index in [1.54, 1.807) is 0 Å². The molecular formula is C11H5Cl2F3N2. The summed E-state index contributed by atoms with van der Waals surface area (Å²) in [5.74, 6) is 0.182. The van der Waals surface area contributed by atoms with Crippen molar-refractivity contribution in [3.63, 3.8) is 0 Å². The zero-order valence-corrected chi connectivity index (χ0v) is 10.2. The first-order chi connectivity index (χ1) is 8.36. The van der Waals surface area contributed by atoms with Gasteiger partial charge < -0.3 is 0 Å². The first kappa shape index (κ1) is 13.1. The zero-order valence-electron chi connectivity index (χ0n) is 8.67. The molecule has 1 aromatic heterocycles. The molecule has 18 heavy (non-hydrogen) atoms. The van der Waals surface area contributed by atoms with E-state index in [4.69, 9.17) is 23.2 Å². The molecule has 0 spiro atoms. The summed E-state index contributed by atoms with van der Waals surface area (Å²) in [4.78, 5) is 7.77. The van der Waals surface area contributed by atoms with Crippen molar-refractivity contribution in [1.82, 2.24) is 9.97 Å². The highest BCUT2D eigenvalue weighted by Crippen LogP contribution is 2.30. The van der Waals surface area contributed by atoms with Crippen molar-refractivity contribution in [1.29, 1.82) is 0 Å². The van der Waals surface area contributed by atoms with Crippen LogP contribution in [0.1, 0.15) is 5.56 Å². The van der Waals surface area contributed by atoms with Crippen molar-refractivity contribution < 1.29 is 13.2 Å². The van der Waals surface area contributed by atoms with Gasteiger partial charge in [-0.2, -0.15) is 13.2 Å². The van der Waals surface area contributed by atoms with Crippen molar-refractivity contribution in [2.75, 3.05) is 0 Å². The van der Waals surface area contributed by atoms with Gasteiger partial charge in [0, 0.05) is 11.6 Å². The van der Waals surface area contributed by atoms with Crippen molar-refractivity contribution in [2.45, 2.75) is 6.18 Å². The van der Waals surface area contributed by atoms with Gasteiger partial charge in [0.25, 0.3) is 0 Å². The lowest BCUT2D eigenvalue weighted by Gasteiger charge is -2.07. The summed E-state index contributed by atoms with van der Waals surface area (Å²) in [7, 11) is 0. The number of aromatic nitrogens is 2. The molecule has 0 fully saturated rings. The Balaban J connectivity index is 2.40. The Kier molecular flexibility index (Phi) is 3.45. The molecule has 0 N–H and O–H groups in total. The van der Waals surface area contributed by atoms with Crippen LogP contribution >= 0.6 is 23.2 Å². The van der Waals surface area contributed by atoms with E-state index in [0.717, 1.165) is 12.1 Å². The van der Waals surface area contributed by atoms with Gasteiger partial charge in [-0.3, -0.25) is 0 Å². The van der Waals surface area contributed by atoms with E-state index in [2.05, 4.69) is 9.97 Å². The van der Waals surface area contributed by atoms with Gasteiger partial charge >= 0.3 is 6.18 Å². The smallest absolute Gasteiger partial charge is 0.216 e. The average Bonchev–Trinajstić information content (AvgIpc) is 2.27. The first-order valence-electron chi connectivity index (χ1n) is 4.74. The SMILES string of the molecule is FC(F)(F)c1ccc(-c2nc(Cl)cc(Cl)n2)cc1. The van der Waals surface area contributed by atoms with E-state index in [-0.39, 0.29) is 16.1 Å². The van der Waals surface area contributed by atoms with Gasteiger partial charge in [-0.1, -0.05) is 35.3 Å². The molecular weight excluding hydrogens is 288 g/mol. The number of halogens is 5. The largest absolute Gasteiger partial charge is 0.416 e. The lowest BCUT2D eigenvalue weighted by atomic mass is 10.1. The maximum atomic E-state index is 12.4. The fourth-order valence-electron chi connectivity index (χ4n) is 1.33. The number of hydrogen-bond donors (Lipinski definition) is 0. The van der Waals surface area contributed by atoms with Crippen LogP contribution < -0.4 is 0 Å². The van der Waals surface area contributed by atoms with E-state index in [1.807, 2.05) is 0 Å². The molecule has 1 heterocycles. The van der Waals surface area contributed by atoms with Crippen molar-refractivity contribution >= 4 is 23.2 Å². The minimum Gasteiger partial charge on any atom is -0.216 e. The Labute approximate surface area is 110 Å². The van der Waals surface area contributed by atoms with E-state index in [0.29, 0.717) is 5.56 Å². The van der Waals surface area contributed by atoms with E-state index in [9.17, 15) is 13.2 Å². The molecule has 0 amide bonds. The van der Waals surface area contributed by atoms with Crippen LogP contribution in [0.25, 0.3) is 11.4 Å². The van der Waals surface area contributed by atoms with Gasteiger partial charge in [-0.05, 0) is 12.1 Å². The Hall–Kier alpha value is -1.33. The fourth-order valence-corrected chi connectivity index (χ4v) is 1.75. The van der Waals surface area contributed by atoms with Gasteiger partial charge in [0.15, 0.2) is 5.82 Å². The van der Waals surface area contributed by atoms with Crippen LogP contribution in [0.3, 0.4) is 0 Å². The monoisotopic (exact) mass is 292 g/mol. The molecule has 7 heteroatoms. The summed E-state index contributed by atoms with van der Waals surface area (Å²) in [6, 6.07) is 5.79. The van der Waals surface area contributed by atoms with Crippen LogP contribution in [0.15, 0.2) is 30.3 Å². The lowest BCUT2D eigenvalue weighted by molar-refractivity contribution is -0.137. The molecule has 0 aliphatic rings. The van der Waals surface area contributed by atoms with Crippen molar-refractivity contribution in [3.8, 4) is 11.4 Å². The normalized spacial score (nSPS) is 11.6. The van der Waals surface area contributed by atoms with Gasteiger partial charge in [0.1, 0.15) is 10.3 Å². The number of hydrogen-bond acceptors (Lipinski definition) is 2. The van der Waals surface area contributed by atoms with Crippen LogP contribution in [0, 0.1) is 0 Å². The molecule has 2 aromatic rings. The standard InChI is InChI=1S/C11H5Cl2F3N2/c12-8-5-9(13)18-10(17-8)6-1-3-7(4-2-6)11(14,15)16/h1-5H. The maximum absolute atomic E-state index is 12.4. The second-order valence-electron chi connectivity index (χ2n) is 3.41. The minimum atomic E-state index is -4.37. The van der Waals surface area contributed by atoms with E-state index in [1.165, 1.54) is 18.2 Å². The molecule has 0 saturated carbocycles. The number of rotatable bonds is 1. The summed E-state index contributed by atoms with van der Waals surface area (Å²) in [6.45, 7) is 0. The molecule has 2 rings (SSSR count). The second-order valence-corrected chi connectivity index (χ2v) is 4.19. The van der Waals surface area contributed by atoms with Crippen LogP contribution in [0.2, 0.25) is 10.3 Å². The molecule has 0 atom stereocenters. The third-order valence-electron chi connectivity index (χ3n) is 2.13. The fraction of sp³-hybridized carbons (Fsp3) is 0.0909. The quantitative estimate of drug-likeness (QED) is 0.725. The number of nitrogens with zero attached hydrogens (tertiary/aromatic N) is 2. The highest BCUT2D eigenvalue weighted by atomic mass is 35.5. The molecule has 0 aliphatic heterocycles. The van der Waals surface area contributed by atoms with Crippen molar-refractivity contribution in [3.05, 3.63) is 46.2 Å². The number of benzene rings is 1. The molecule has 0 bridgehead atoms. The third-order valence-corrected chi connectivity index (χ3v) is 2.52. The maximum Gasteiger partial charge on any atom is 0.416 e. The van der Waals surface area contributed by atoms with Crippen LogP contribution in [0.4, 0.5) is 13.2 Å². The Bertz CT molecular complexity index is 547. The van der Waals surface area contributed by atoms with Gasteiger partial charge in [0.05, 0.1) is 5.56 Å². The predicted octanol–water partition coefficient (Wildman–Crippen LogP) is 4.47. The summed E-state index contributed by atoms with van der Waals surface area (Å²) in [6.07, 6.45) is -4.37. The molecule has 0 unspecified atom stereocenters. The summed E-state index contributed by atoms with van der Waals surface area (Å²) in [5.41, 5.74) is -0.327. The molecule has 94 valence electrons. The lowest BCUT2D eigenvalue weighted by Crippen LogP contribution is -2.04. The van der Waals surface area contributed by atoms with E-state index >= 15 is 0 Å². The van der Waals surface area contributed by atoms with Gasteiger partial charge in [-0.15, -0.1) is 0 Å². The second kappa shape index (κ2) is 4.74. The highest BCUT2D eigenvalue weighted by molar-refractivity contribution is 6.33. The molecule has 0 aliphatic carbocycles. The Morgan fingerprint density at radius 3 is 1.83 bits per heavy atom. The van der Waals surface area contributed by atoms with Crippen LogP contribution in [-0.4, -0.2) is 9.97 Å². The average molecular weight is 293 g/mol. The topological polar surface area (TPSA) is 25.8 Å². The van der Waals surface area contributed by atoms with Crippen LogP contribution in [-0.2, 0) is 6.18 Å². The zero-order chi connectivity index (χ0) is 13.3. The first-order valence-corrected chi connectivity index (χ1v) is 5.49. The van der Waals surface area contributed by atoms with Gasteiger partial charge in [0.2, 0.25) is 0 Å². The van der Waals surface area contributed by atoms with E-state index < -0.39 is 11.7 Å². The van der Waals surface area contributed by atoms with Gasteiger partial charge in [-0.25, -0.2) is 9.97 Å².